The zero-order valence-corrected chi connectivity index (χ0v) is 13.4. The number of hydrogen-bond acceptors (Lipinski definition) is 3. The molecule has 0 unspecified atom stereocenters. The summed E-state index contributed by atoms with van der Waals surface area (Å²) in [6.45, 7) is 1.26. The van der Waals surface area contributed by atoms with Crippen molar-refractivity contribution in [3.05, 3.63) is 52.0 Å². The Labute approximate surface area is 132 Å². The summed E-state index contributed by atoms with van der Waals surface area (Å²) in [5.41, 5.74) is 0.948. The Hall–Kier alpha value is -1.39. The van der Waals surface area contributed by atoms with E-state index in [0.717, 1.165) is 15.9 Å². The summed E-state index contributed by atoms with van der Waals surface area (Å²) in [5.74, 6) is 1.50. The standard InChI is InChI=1S/C15H15BrClNO2/c1-19-15-10-12(5-6-14(15)17)18-7-8-20-13-4-2-3-11(16)9-13/h2-6,9-10,18H,7-8H2,1H3. The van der Waals surface area contributed by atoms with E-state index in [4.69, 9.17) is 21.1 Å². The number of hydrogen-bond donors (Lipinski definition) is 1. The van der Waals surface area contributed by atoms with Crippen LogP contribution >= 0.6 is 27.5 Å². The van der Waals surface area contributed by atoms with E-state index >= 15 is 0 Å². The summed E-state index contributed by atoms with van der Waals surface area (Å²) in [6.07, 6.45) is 0. The first kappa shape index (κ1) is 15.0. The molecule has 0 aliphatic heterocycles. The average Bonchev–Trinajstić information content (AvgIpc) is 2.45. The molecule has 2 aromatic carbocycles. The predicted octanol–water partition coefficient (Wildman–Crippen LogP) is 4.60. The Morgan fingerprint density at radius 3 is 2.80 bits per heavy atom. The first-order valence-electron chi connectivity index (χ1n) is 6.15. The fourth-order valence-corrected chi connectivity index (χ4v) is 2.26. The monoisotopic (exact) mass is 355 g/mol. The highest BCUT2D eigenvalue weighted by molar-refractivity contribution is 9.10. The van der Waals surface area contributed by atoms with Crippen molar-refractivity contribution in [2.24, 2.45) is 0 Å². The number of methoxy groups -OCH3 is 1. The van der Waals surface area contributed by atoms with Crippen molar-refractivity contribution >= 4 is 33.2 Å². The third-order valence-electron chi connectivity index (χ3n) is 2.65. The Bertz CT molecular complexity index is 578. The van der Waals surface area contributed by atoms with Crippen LogP contribution in [0.3, 0.4) is 0 Å². The third-order valence-corrected chi connectivity index (χ3v) is 3.45. The number of ether oxygens (including phenoxy) is 2. The SMILES string of the molecule is COc1cc(NCCOc2cccc(Br)c2)ccc1Cl. The second-order valence-corrected chi connectivity index (χ2v) is 5.40. The lowest BCUT2D eigenvalue weighted by Crippen LogP contribution is -2.11. The quantitative estimate of drug-likeness (QED) is 0.767. The van der Waals surface area contributed by atoms with Gasteiger partial charge in [0.15, 0.2) is 0 Å². The van der Waals surface area contributed by atoms with Crippen molar-refractivity contribution in [3.63, 3.8) is 0 Å². The molecule has 0 fully saturated rings. The van der Waals surface area contributed by atoms with Crippen LogP contribution in [0.2, 0.25) is 5.02 Å². The van der Waals surface area contributed by atoms with Crippen LogP contribution in [0.1, 0.15) is 0 Å². The minimum Gasteiger partial charge on any atom is -0.495 e. The van der Waals surface area contributed by atoms with Crippen LogP contribution in [0.25, 0.3) is 0 Å². The molecule has 2 aromatic rings. The zero-order chi connectivity index (χ0) is 14.4. The smallest absolute Gasteiger partial charge is 0.139 e. The highest BCUT2D eigenvalue weighted by Crippen LogP contribution is 2.27. The van der Waals surface area contributed by atoms with Gasteiger partial charge < -0.3 is 14.8 Å². The van der Waals surface area contributed by atoms with E-state index in [9.17, 15) is 0 Å². The van der Waals surface area contributed by atoms with Gasteiger partial charge in [0.25, 0.3) is 0 Å². The van der Waals surface area contributed by atoms with Crippen molar-refractivity contribution in [2.75, 3.05) is 25.6 Å². The maximum Gasteiger partial charge on any atom is 0.139 e. The normalized spacial score (nSPS) is 10.2. The largest absolute Gasteiger partial charge is 0.495 e. The van der Waals surface area contributed by atoms with E-state index in [-0.39, 0.29) is 0 Å². The van der Waals surface area contributed by atoms with Gasteiger partial charge in [0.1, 0.15) is 18.1 Å². The molecule has 0 saturated heterocycles. The summed E-state index contributed by atoms with van der Waals surface area (Å²) in [4.78, 5) is 0. The Balaban J connectivity index is 1.81. The number of benzene rings is 2. The first-order chi connectivity index (χ1) is 9.69. The lowest BCUT2D eigenvalue weighted by molar-refractivity contribution is 0.332. The summed E-state index contributed by atoms with van der Waals surface area (Å²) in [7, 11) is 1.60. The first-order valence-corrected chi connectivity index (χ1v) is 7.32. The molecule has 2 rings (SSSR count). The lowest BCUT2D eigenvalue weighted by atomic mass is 10.3. The maximum atomic E-state index is 5.97. The molecule has 0 aliphatic carbocycles. The number of anilines is 1. The van der Waals surface area contributed by atoms with Crippen LogP contribution in [0.5, 0.6) is 11.5 Å². The van der Waals surface area contributed by atoms with Gasteiger partial charge in [-0.1, -0.05) is 33.6 Å². The summed E-state index contributed by atoms with van der Waals surface area (Å²) in [6, 6.07) is 13.3. The fraction of sp³-hybridized carbons (Fsp3) is 0.200. The van der Waals surface area contributed by atoms with Crippen molar-refractivity contribution in [1.29, 1.82) is 0 Å². The van der Waals surface area contributed by atoms with Crippen LogP contribution in [0.15, 0.2) is 46.9 Å². The fourth-order valence-electron chi connectivity index (χ4n) is 1.69. The van der Waals surface area contributed by atoms with E-state index in [2.05, 4.69) is 21.2 Å². The van der Waals surface area contributed by atoms with Crippen molar-refractivity contribution in [2.45, 2.75) is 0 Å². The van der Waals surface area contributed by atoms with E-state index in [0.29, 0.717) is 23.9 Å². The van der Waals surface area contributed by atoms with Crippen molar-refractivity contribution in [3.8, 4) is 11.5 Å². The van der Waals surface area contributed by atoms with E-state index < -0.39 is 0 Å². The van der Waals surface area contributed by atoms with E-state index in [1.807, 2.05) is 36.4 Å². The second-order valence-electron chi connectivity index (χ2n) is 4.08. The van der Waals surface area contributed by atoms with Gasteiger partial charge >= 0.3 is 0 Å². The molecule has 0 bridgehead atoms. The van der Waals surface area contributed by atoms with E-state index in [1.165, 1.54) is 0 Å². The van der Waals surface area contributed by atoms with Crippen LogP contribution < -0.4 is 14.8 Å². The summed E-state index contributed by atoms with van der Waals surface area (Å²) in [5, 5.41) is 3.86. The van der Waals surface area contributed by atoms with Gasteiger partial charge in [0.05, 0.1) is 12.1 Å². The van der Waals surface area contributed by atoms with Gasteiger partial charge in [-0.25, -0.2) is 0 Å². The Morgan fingerprint density at radius 1 is 1.20 bits per heavy atom. The molecule has 0 spiro atoms. The Morgan fingerprint density at radius 2 is 2.05 bits per heavy atom. The molecule has 0 saturated carbocycles. The lowest BCUT2D eigenvalue weighted by Gasteiger charge is -2.10. The number of rotatable bonds is 6. The molecule has 1 N–H and O–H groups in total. The molecule has 0 heterocycles. The maximum absolute atomic E-state index is 5.97. The molecular weight excluding hydrogens is 342 g/mol. The molecule has 3 nitrogen and oxygen atoms in total. The number of halogens is 2. The van der Waals surface area contributed by atoms with Gasteiger partial charge in [-0.2, -0.15) is 0 Å². The van der Waals surface area contributed by atoms with Gasteiger partial charge in [-0.05, 0) is 30.3 Å². The summed E-state index contributed by atoms with van der Waals surface area (Å²) >= 11 is 9.38. The Kier molecular flexibility index (Phi) is 5.56. The zero-order valence-electron chi connectivity index (χ0n) is 11.0. The number of nitrogens with one attached hydrogen (secondary N) is 1. The topological polar surface area (TPSA) is 30.5 Å². The second kappa shape index (κ2) is 7.41. The molecule has 106 valence electrons. The van der Waals surface area contributed by atoms with Crippen LogP contribution in [0.4, 0.5) is 5.69 Å². The van der Waals surface area contributed by atoms with Gasteiger partial charge in [0.2, 0.25) is 0 Å². The van der Waals surface area contributed by atoms with E-state index in [1.54, 1.807) is 13.2 Å². The van der Waals surface area contributed by atoms with Gasteiger partial charge in [-0.15, -0.1) is 0 Å². The average molecular weight is 357 g/mol. The molecular formula is C15H15BrClNO2. The van der Waals surface area contributed by atoms with Crippen molar-refractivity contribution < 1.29 is 9.47 Å². The minimum atomic E-state index is 0.571. The molecule has 0 atom stereocenters. The highest BCUT2D eigenvalue weighted by atomic mass is 79.9. The van der Waals surface area contributed by atoms with Crippen molar-refractivity contribution in [1.82, 2.24) is 0 Å². The predicted molar refractivity (Wildman–Crippen MR) is 86.1 cm³/mol. The van der Waals surface area contributed by atoms with Gasteiger partial charge in [-0.3, -0.25) is 0 Å². The van der Waals surface area contributed by atoms with Crippen LogP contribution in [-0.2, 0) is 0 Å². The highest BCUT2D eigenvalue weighted by Gasteiger charge is 2.01. The molecule has 0 amide bonds. The minimum absolute atomic E-state index is 0.571. The molecule has 0 radical (unpaired) electrons. The molecule has 0 aliphatic rings. The summed E-state index contributed by atoms with van der Waals surface area (Å²) < 4.78 is 11.8. The molecule has 20 heavy (non-hydrogen) atoms. The molecule has 0 aromatic heterocycles. The van der Waals surface area contributed by atoms with Crippen LogP contribution in [0, 0.1) is 0 Å². The van der Waals surface area contributed by atoms with Gasteiger partial charge in [0, 0.05) is 22.8 Å². The molecule has 5 heteroatoms. The van der Waals surface area contributed by atoms with Crippen LogP contribution in [-0.4, -0.2) is 20.3 Å². The third kappa shape index (κ3) is 4.32.